The maximum atomic E-state index is 13.0. The fourth-order valence-electron chi connectivity index (χ4n) is 2.44. The number of anilines is 1. The summed E-state index contributed by atoms with van der Waals surface area (Å²) in [5.74, 6) is 1.90. The molecule has 0 fully saturated rings. The number of hydrogen-bond acceptors (Lipinski definition) is 3. The van der Waals surface area contributed by atoms with Gasteiger partial charge < -0.3 is 20.1 Å². The fraction of sp³-hybridized carbons (Fsp3) is 0.316. The van der Waals surface area contributed by atoms with E-state index in [0.29, 0.717) is 25.7 Å². The lowest BCUT2D eigenvalue weighted by Gasteiger charge is -2.13. The van der Waals surface area contributed by atoms with E-state index in [4.69, 9.17) is 9.47 Å². The van der Waals surface area contributed by atoms with Gasteiger partial charge in [-0.15, -0.1) is 24.0 Å². The molecule has 0 spiro atoms. The summed E-state index contributed by atoms with van der Waals surface area (Å²) in [4.78, 5) is 4.54. The van der Waals surface area contributed by atoms with Crippen molar-refractivity contribution in [2.24, 2.45) is 4.99 Å². The minimum Gasteiger partial charge on any atom is -0.490 e. The van der Waals surface area contributed by atoms with Crippen molar-refractivity contribution in [3.05, 3.63) is 53.8 Å². The Morgan fingerprint density at radius 1 is 1.08 bits per heavy atom. The lowest BCUT2D eigenvalue weighted by atomic mass is 10.2. The zero-order valence-electron chi connectivity index (χ0n) is 14.6. The highest BCUT2D eigenvalue weighted by Gasteiger charge is 2.11. The molecule has 0 atom stereocenters. The zero-order chi connectivity index (χ0) is 17.5. The molecule has 1 aliphatic heterocycles. The van der Waals surface area contributed by atoms with Crippen LogP contribution < -0.4 is 20.1 Å². The third-order valence-corrected chi connectivity index (χ3v) is 3.69. The van der Waals surface area contributed by atoms with Gasteiger partial charge in [0, 0.05) is 24.7 Å². The van der Waals surface area contributed by atoms with Gasteiger partial charge in [-0.05, 0) is 36.8 Å². The minimum atomic E-state index is -0.245. The quantitative estimate of drug-likeness (QED) is 0.399. The second-order valence-electron chi connectivity index (χ2n) is 5.66. The second-order valence-corrected chi connectivity index (χ2v) is 5.66. The van der Waals surface area contributed by atoms with Crippen molar-refractivity contribution in [1.82, 2.24) is 5.32 Å². The maximum Gasteiger partial charge on any atom is 0.196 e. The first kappa shape index (κ1) is 20.3. The SMILES string of the molecule is CCNC(=NCc1ccc(F)cc1)Nc1ccc2c(c1)OCCCO2.I. The van der Waals surface area contributed by atoms with Crippen molar-refractivity contribution in [2.75, 3.05) is 25.1 Å². The van der Waals surface area contributed by atoms with Gasteiger partial charge in [-0.1, -0.05) is 12.1 Å². The number of fused-ring (bicyclic) bond motifs is 1. The van der Waals surface area contributed by atoms with Crippen LogP contribution in [0.5, 0.6) is 11.5 Å². The summed E-state index contributed by atoms with van der Waals surface area (Å²) in [5, 5.41) is 6.46. The van der Waals surface area contributed by atoms with Crippen molar-refractivity contribution < 1.29 is 13.9 Å². The second kappa shape index (κ2) is 10.2. The first-order chi connectivity index (χ1) is 12.2. The summed E-state index contributed by atoms with van der Waals surface area (Å²) >= 11 is 0. The van der Waals surface area contributed by atoms with Crippen LogP contribution in [-0.4, -0.2) is 25.7 Å². The Hall–Kier alpha value is -2.03. The van der Waals surface area contributed by atoms with Gasteiger partial charge in [-0.3, -0.25) is 0 Å². The summed E-state index contributed by atoms with van der Waals surface area (Å²) in [6.45, 7) is 4.51. The van der Waals surface area contributed by atoms with E-state index in [2.05, 4.69) is 15.6 Å². The summed E-state index contributed by atoms with van der Waals surface area (Å²) < 4.78 is 24.3. The van der Waals surface area contributed by atoms with Crippen LogP contribution in [0.1, 0.15) is 18.9 Å². The van der Waals surface area contributed by atoms with Gasteiger partial charge in [0.15, 0.2) is 17.5 Å². The smallest absolute Gasteiger partial charge is 0.196 e. The molecule has 2 aromatic rings. The van der Waals surface area contributed by atoms with E-state index in [-0.39, 0.29) is 29.8 Å². The Morgan fingerprint density at radius 3 is 2.54 bits per heavy atom. The molecule has 0 aromatic heterocycles. The number of benzene rings is 2. The largest absolute Gasteiger partial charge is 0.490 e. The first-order valence-corrected chi connectivity index (χ1v) is 8.44. The molecule has 2 N–H and O–H groups in total. The first-order valence-electron chi connectivity index (χ1n) is 8.44. The van der Waals surface area contributed by atoms with E-state index in [9.17, 15) is 4.39 Å². The number of guanidine groups is 1. The third kappa shape index (κ3) is 5.76. The number of nitrogens with one attached hydrogen (secondary N) is 2. The molecule has 0 bridgehead atoms. The summed E-state index contributed by atoms with van der Waals surface area (Å²) in [6.07, 6.45) is 0.874. The Labute approximate surface area is 170 Å². The van der Waals surface area contributed by atoms with E-state index in [1.54, 1.807) is 12.1 Å². The van der Waals surface area contributed by atoms with E-state index >= 15 is 0 Å². The molecule has 0 unspecified atom stereocenters. The van der Waals surface area contributed by atoms with E-state index < -0.39 is 0 Å². The maximum absolute atomic E-state index is 13.0. The topological polar surface area (TPSA) is 54.9 Å². The number of aliphatic imine (C=N–C) groups is 1. The number of halogens is 2. The normalized spacial score (nSPS) is 13.4. The molecule has 1 aliphatic rings. The lowest BCUT2D eigenvalue weighted by Crippen LogP contribution is -2.30. The van der Waals surface area contributed by atoms with Crippen molar-refractivity contribution >= 4 is 35.6 Å². The van der Waals surface area contributed by atoms with Crippen LogP contribution in [0.4, 0.5) is 10.1 Å². The van der Waals surface area contributed by atoms with Crippen LogP contribution in [0.2, 0.25) is 0 Å². The van der Waals surface area contributed by atoms with Crippen LogP contribution in [0.15, 0.2) is 47.5 Å². The van der Waals surface area contributed by atoms with Crippen molar-refractivity contribution in [3.63, 3.8) is 0 Å². The molecule has 2 aromatic carbocycles. The van der Waals surface area contributed by atoms with Gasteiger partial charge in [-0.25, -0.2) is 9.38 Å². The van der Waals surface area contributed by atoms with Gasteiger partial charge in [0.2, 0.25) is 0 Å². The van der Waals surface area contributed by atoms with Crippen LogP contribution >= 0.6 is 24.0 Å². The monoisotopic (exact) mass is 471 g/mol. The number of rotatable bonds is 4. The number of hydrogen-bond donors (Lipinski definition) is 2. The predicted molar refractivity (Wildman–Crippen MR) is 112 cm³/mol. The molecule has 5 nitrogen and oxygen atoms in total. The van der Waals surface area contributed by atoms with Crippen molar-refractivity contribution in [2.45, 2.75) is 19.9 Å². The Bertz CT molecular complexity index is 738. The van der Waals surface area contributed by atoms with Crippen LogP contribution in [0, 0.1) is 5.82 Å². The Kier molecular flexibility index (Phi) is 7.96. The highest BCUT2D eigenvalue weighted by Crippen LogP contribution is 2.32. The van der Waals surface area contributed by atoms with Gasteiger partial charge in [0.05, 0.1) is 19.8 Å². The number of ether oxygens (including phenoxy) is 2. The average molecular weight is 471 g/mol. The Morgan fingerprint density at radius 2 is 1.81 bits per heavy atom. The van der Waals surface area contributed by atoms with Crippen LogP contribution in [0.25, 0.3) is 0 Å². The molecule has 3 rings (SSSR count). The predicted octanol–water partition coefficient (Wildman–Crippen LogP) is 4.18. The molecule has 0 saturated heterocycles. The molecular formula is C19H23FIN3O2. The summed E-state index contributed by atoms with van der Waals surface area (Å²) in [5.41, 5.74) is 1.81. The molecule has 26 heavy (non-hydrogen) atoms. The molecular weight excluding hydrogens is 448 g/mol. The Balaban J connectivity index is 0.00000243. The average Bonchev–Trinajstić information content (AvgIpc) is 2.86. The fourth-order valence-corrected chi connectivity index (χ4v) is 2.44. The molecule has 1 heterocycles. The summed E-state index contributed by atoms with van der Waals surface area (Å²) in [6, 6.07) is 12.1. The molecule has 0 aliphatic carbocycles. The standard InChI is InChI=1S/C19H22FN3O2.HI/c1-2-21-19(22-13-14-4-6-15(20)7-5-14)23-16-8-9-17-18(12-16)25-11-3-10-24-17;/h4-9,12H,2-3,10-11,13H2,1H3,(H2,21,22,23);1H. The van der Waals surface area contributed by atoms with Gasteiger partial charge in [0.1, 0.15) is 5.82 Å². The van der Waals surface area contributed by atoms with E-state index in [1.165, 1.54) is 12.1 Å². The van der Waals surface area contributed by atoms with Gasteiger partial charge in [-0.2, -0.15) is 0 Å². The van der Waals surface area contributed by atoms with Gasteiger partial charge >= 0.3 is 0 Å². The molecule has 0 amide bonds. The van der Waals surface area contributed by atoms with Crippen LogP contribution in [-0.2, 0) is 6.54 Å². The van der Waals surface area contributed by atoms with Crippen LogP contribution in [0.3, 0.4) is 0 Å². The van der Waals surface area contributed by atoms with E-state index in [0.717, 1.165) is 35.7 Å². The third-order valence-electron chi connectivity index (χ3n) is 3.69. The highest BCUT2D eigenvalue weighted by atomic mass is 127. The van der Waals surface area contributed by atoms with E-state index in [1.807, 2.05) is 25.1 Å². The molecule has 0 radical (unpaired) electrons. The molecule has 0 saturated carbocycles. The minimum absolute atomic E-state index is 0. The molecule has 7 heteroatoms. The lowest BCUT2D eigenvalue weighted by molar-refractivity contribution is 0.297. The highest BCUT2D eigenvalue weighted by molar-refractivity contribution is 14.0. The van der Waals surface area contributed by atoms with Crippen molar-refractivity contribution in [3.8, 4) is 11.5 Å². The molecule has 140 valence electrons. The summed E-state index contributed by atoms with van der Waals surface area (Å²) in [7, 11) is 0. The van der Waals surface area contributed by atoms with Gasteiger partial charge in [0.25, 0.3) is 0 Å². The van der Waals surface area contributed by atoms with Crippen molar-refractivity contribution in [1.29, 1.82) is 0 Å². The number of nitrogens with zero attached hydrogens (tertiary/aromatic N) is 1. The zero-order valence-corrected chi connectivity index (χ0v) is 17.0.